The molecule has 1 aromatic carbocycles. The lowest BCUT2D eigenvalue weighted by atomic mass is 10.1. The maximum Gasteiger partial charge on any atom is 0.263 e. The minimum Gasteiger partial charge on any atom is -0.396 e. The number of aliphatic hydroxyl groups excluding tert-OH is 1. The molecule has 5 heteroatoms. The molecule has 0 spiro atoms. The van der Waals surface area contributed by atoms with E-state index in [1.54, 1.807) is 11.0 Å². The molecule has 1 fully saturated rings. The smallest absolute Gasteiger partial charge is 0.263 e. The molecule has 1 unspecified atom stereocenters. The van der Waals surface area contributed by atoms with E-state index in [0.717, 1.165) is 16.5 Å². The molecular weight excluding hydrogens is 265 g/mol. The standard InChI is InChI=1S/C14H14FNO2S/c15-11-2-1-10-5-13(19-12(10)6-11)14(18)16-4-3-9(7-16)8-17/h1-2,5-6,9,17H,3-4,7-8H2. The zero-order valence-corrected chi connectivity index (χ0v) is 11.1. The van der Waals surface area contributed by atoms with E-state index in [1.807, 2.05) is 6.07 Å². The molecule has 3 nitrogen and oxygen atoms in total. The van der Waals surface area contributed by atoms with E-state index in [9.17, 15) is 9.18 Å². The molecule has 0 saturated carbocycles. The highest BCUT2D eigenvalue weighted by molar-refractivity contribution is 7.20. The van der Waals surface area contributed by atoms with E-state index < -0.39 is 0 Å². The Morgan fingerprint density at radius 2 is 2.32 bits per heavy atom. The first-order valence-electron chi connectivity index (χ1n) is 6.26. The maximum atomic E-state index is 13.1. The number of thiophene rings is 1. The molecule has 1 N–H and O–H groups in total. The first-order chi connectivity index (χ1) is 9.17. The van der Waals surface area contributed by atoms with Crippen molar-refractivity contribution >= 4 is 27.3 Å². The Labute approximate surface area is 114 Å². The third-order valence-electron chi connectivity index (χ3n) is 3.52. The van der Waals surface area contributed by atoms with Crippen molar-refractivity contribution in [1.82, 2.24) is 4.90 Å². The van der Waals surface area contributed by atoms with Gasteiger partial charge in [-0.3, -0.25) is 4.79 Å². The molecule has 2 aromatic rings. The topological polar surface area (TPSA) is 40.5 Å². The quantitative estimate of drug-likeness (QED) is 0.917. The maximum absolute atomic E-state index is 13.1. The van der Waals surface area contributed by atoms with Gasteiger partial charge in [0.15, 0.2) is 0 Å². The number of carbonyl (C=O) groups excluding carboxylic acids is 1. The fourth-order valence-corrected chi connectivity index (χ4v) is 3.49. The predicted octanol–water partition coefficient (Wildman–Crippen LogP) is 2.49. The van der Waals surface area contributed by atoms with Crippen LogP contribution in [0.4, 0.5) is 4.39 Å². The van der Waals surface area contributed by atoms with Gasteiger partial charge in [-0.2, -0.15) is 0 Å². The van der Waals surface area contributed by atoms with Crippen LogP contribution in [0.5, 0.6) is 0 Å². The number of hydrogen-bond donors (Lipinski definition) is 1. The SMILES string of the molecule is O=C(c1cc2ccc(F)cc2s1)N1CCC(CO)C1. The van der Waals surface area contributed by atoms with Crippen molar-refractivity contribution in [3.05, 3.63) is 35.0 Å². The number of fused-ring (bicyclic) bond motifs is 1. The minimum atomic E-state index is -0.283. The summed E-state index contributed by atoms with van der Waals surface area (Å²) in [5.74, 6) is -0.108. The third-order valence-corrected chi connectivity index (χ3v) is 4.61. The van der Waals surface area contributed by atoms with Gasteiger partial charge in [-0.25, -0.2) is 4.39 Å². The molecule has 19 heavy (non-hydrogen) atoms. The van der Waals surface area contributed by atoms with Gasteiger partial charge in [-0.15, -0.1) is 11.3 Å². The zero-order valence-electron chi connectivity index (χ0n) is 10.3. The van der Waals surface area contributed by atoms with Crippen LogP contribution >= 0.6 is 11.3 Å². The summed E-state index contributed by atoms with van der Waals surface area (Å²) in [6.07, 6.45) is 0.849. The van der Waals surface area contributed by atoms with Crippen LogP contribution in [-0.4, -0.2) is 35.6 Å². The van der Waals surface area contributed by atoms with E-state index in [-0.39, 0.29) is 24.2 Å². The molecule has 2 heterocycles. The Morgan fingerprint density at radius 3 is 3.05 bits per heavy atom. The highest BCUT2D eigenvalue weighted by Crippen LogP contribution is 2.28. The number of aliphatic hydroxyl groups is 1. The second kappa shape index (κ2) is 4.90. The van der Waals surface area contributed by atoms with Crippen molar-refractivity contribution < 1.29 is 14.3 Å². The molecule has 1 aromatic heterocycles. The van der Waals surface area contributed by atoms with Crippen LogP contribution in [0.3, 0.4) is 0 Å². The largest absolute Gasteiger partial charge is 0.396 e. The van der Waals surface area contributed by atoms with Crippen LogP contribution in [0.15, 0.2) is 24.3 Å². The molecule has 1 aliphatic heterocycles. The number of amides is 1. The lowest BCUT2D eigenvalue weighted by molar-refractivity contribution is 0.0786. The monoisotopic (exact) mass is 279 g/mol. The Bertz CT molecular complexity index is 625. The van der Waals surface area contributed by atoms with E-state index in [1.165, 1.54) is 23.5 Å². The van der Waals surface area contributed by atoms with Crippen LogP contribution in [0.25, 0.3) is 10.1 Å². The lowest BCUT2D eigenvalue weighted by Crippen LogP contribution is -2.28. The second-order valence-electron chi connectivity index (χ2n) is 4.88. The molecule has 0 aliphatic carbocycles. The number of rotatable bonds is 2. The van der Waals surface area contributed by atoms with Gasteiger partial charge in [0.05, 0.1) is 4.88 Å². The average Bonchev–Trinajstić information content (AvgIpc) is 3.03. The molecular formula is C14H14FNO2S. The van der Waals surface area contributed by atoms with Gasteiger partial charge in [0, 0.05) is 30.3 Å². The lowest BCUT2D eigenvalue weighted by Gasteiger charge is -2.14. The summed E-state index contributed by atoms with van der Waals surface area (Å²) in [5.41, 5.74) is 0. The molecule has 1 amide bonds. The van der Waals surface area contributed by atoms with Crippen molar-refractivity contribution in [3.63, 3.8) is 0 Å². The molecule has 100 valence electrons. The normalized spacial score (nSPS) is 19.3. The van der Waals surface area contributed by atoms with Crippen molar-refractivity contribution in [2.75, 3.05) is 19.7 Å². The minimum absolute atomic E-state index is 0.0161. The van der Waals surface area contributed by atoms with Gasteiger partial charge in [0.25, 0.3) is 5.91 Å². The number of likely N-dealkylation sites (tertiary alicyclic amines) is 1. The molecule has 1 atom stereocenters. The van der Waals surface area contributed by atoms with Gasteiger partial charge < -0.3 is 10.0 Å². The molecule has 1 saturated heterocycles. The Hall–Kier alpha value is -1.46. The molecule has 3 rings (SSSR count). The summed E-state index contributed by atoms with van der Waals surface area (Å²) < 4.78 is 13.9. The number of carbonyl (C=O) groups is 1. The fraction of sp³-hybridized carbons (Fsp3) is 0.357. The van der Waals surface area contributed by atoms with E-state index in [0.29, 0.717) is 18.0 Å². The second-order valence-corrected chi connectivity index (χ2v) is 5.97. The van der Waals surface area contributed by atoms with Gasteiger partial charge in [0.2, 0.25) is 0 Å². The first kappa shape index (κ1) is 12.6. The summed E-state index contributed by atoms with van der Waals surface area (Å²) in [7, 11) is 0. The van der Waals surface area contributed by atoms with Crippen molar-refractivity contribution in [1.29, 1.82) is 0 Å². The Morgan fingerprint density at radius 1 is 1.47 bits per heavy atom. The van der Waals surface area contributed by atoms with Crippen LogP contribution < -0.4 is 0 Å². The van der Waals surface area contributed by atoms with Crippen LogP contribution in [0.2, 0.25) is 0 Å². The van der Waals surface area contributed by atoms with E-state index >= 15 is 0 Å². The van der Waals surface area contributed by atoms with Gasteiger partial charge in [-0.1, -0.05) is 6.07 Å². The summed E-state index contributed by atoms with van der Waals surface area (Å²) in [6, 6.07) is 6.37. The van der Waals surface area contributed by atoms with Crippen LogP contribution in [0.1, 0.15) is 16.1 Å². The predicted molar refractivity (Wildman–Crippen MR) is 72.9 cm³/mol. The number of benzene rings is 1. The Balaban J connectivity index is 1.86. The van der Waals surface area contributed by atoms with E-state index in [4.69, 9.17) is 5.11 Å². The molecule has 0 radical (unpaired) electrons. The summed E-state index contributed by atoms with van der Waals surface area (Å²) >= 11 is 1.32. The fourth-order valence-electron chi connectivity index (χ4n) is 2.43. The van der Waals surface area contributed by atoms with Crippen molar-refractivity contribution in [3.8, 4) is 0 Å². The third kappa shape index (κ3) is 2.35. The first-order valence-corrected chi connectivity index (χ1v) is 7.08. The highest BCUT2D eigenvalue weighted by Gasteiger charge is 2.27. The van der Waals surface area contributed by atoms with Crippen LogP contribution in [-0.2, 0) is 0 Å². The average molecular weight is 279 g/mol. The number of halogens is 1. The summed E-state index contributed by atoms with van der Waals surface area (Å²) in [4.78, 5) is 14.7. The summed E-state index contributed by atoms with van der Waals surface area (Å²) in [6.45, 7) is 1.42. The summed E-state index contributed by atoms with van der Waals surface area (Å²) in [5, 5.41) is 10.00. The van der Waals surface area contributed by atoms with Gasteiger partial charge in [-0.05, 0) is 30.0 Å². The van der Waals surface area contributed by atoms with Crippen LogP contribution in [0, 0.1) is 11.7 Å². The van der Waals surface area contributed by atoms with Crippen molar-refractivity contribution in [2.24, 2.45) is 5.92 Å². The van der Waals surface area contributed by atoms with Crippen molar-refractivity contribution in [2.45, 2.75) is 6.42 Å². The number of hydrogen-bond acceptors (Lipinski definition) is 3. The molecule has 1 aliphatic rings. The van der Waals surface area contributed by atoms with E-state index in [2.05, 4.69) is 0 Å². The Kier molecular flexibility index (Phi) is 3.24. The number of nitrogens with zero attached hydrogens (tertiary/aromatic N) is 1. The zero-order chi connectivity index (χ0) is 13.4. The highest BCUT2D eigenvalue weighted by atomic mass is 32.1. The van der Waals surface area contributed by atoms with Gasteiger partial charge >= 0.3 is 0 Å². The van der Waals surface area contributed by atoms with Gasteiger partial charge in [0.1, 0.15) is 5.82 Å². The molecule has 0 bridgehead atoms.